The van der Waals surface area contributed by atoms with Crippen molar-refractivity contribution in [2.24, 2.45) is 4.99 Å². The molecule has 0 fully saturated rings. The van der Waals surface area contributed by atoms with Gasteiger partial charge in [0.25, 0.3) is 0 Å². The lowest BCUT2D eigenvalue weighted by Crippen LogP contribution is -2.36. The molecule has 0 atom stereocenters. The minimum atomic E-state index is -2.92. The lowest BCUT2D eigenvalue weighted by atomic mass is 10.2. The maximum Gasteiger partial charge on any atom is 0.387 e. The third kappa shape index (κ3) is 7.35. The van der Waals surface area contributed by atoms with Crippen molar-refractivity contribution in [1.82, 2.24) is 15.6 Å². The molecular formula is C20H23F2IN4O3S. The number of ether oxygens (including phenoxy) is 2. The number of aliphatic imine (C=N–C) groups is 1. The minimum absolute atomic E-state index is 0. The zero-order valence-electron chi connectivity index (χ0n) is 16.9. The number of hydrogen-bond donors (Lipinski definition) is 2. The molecule has 168 valence electrons. The average Bonchev–Trinajstić information content (AvgIpc) is 3.42. The lowest BCUT2D eigenvalue weighted by Gasteiger charge is -2.13. The highest BCUT2D eigenvalue weighted by Crippen LogP contribution is 2.26. The summed E-state index contributed by atoms with van der Waals surface area (Å²) in [5.74, 6) is 1.66. The summed E-state index contributed by atoms with van der Waals surface area (Å²) in [6, 6.07) is 8.49. The van der Waals surface area contributed by atoms with E-state index in [1.54, 1.807) is 29.7 Å². The van der Waals surface area contributed by atoms with E-state index < -0.39 is 6.61 Å². The van der Waals surface area contributed by atoms with Crippen LogP contribution in [0.1, 0.15) is 18.2 Å². The van der Waals surface area contributed by atoms with Gasteiger partial charge in [-0.25, -0.2) is 9.98 Å². The molecule has 7 nitrogen and oxygen atoms in total. The molecule has 0 amide bonds. The summed E-state index contributed by atoms with van der Waals surface area (Å²) in [5.41, 5.74) is 1.19. The minimum Gasteiger partial charge on any atom is -0.497 e. The summed E-state index contributed by atoms with van der Waals surface area (Å²) < 4.78 is 40.6. The first-order valence-electron chi connectivity index (χ1n) is 9.21. The number of nitrogens with one attached hydrogen (secondary N) is 2. The Balaban J connectivity index is 0.00000341. The highest BCUT2D eigenvalue weighted by molar-refractivity contribution is 14.0. The third-order valence-corrected chi connectivity index (χ3v) is 4.81. The third-order valence-electron chi connectivity index (χ3n) is 3.96. The zero-order chi connectivity index (χ0) is 21.3. The molecule has 0 radical (unpaired) electrons. The van der Waals surface area contributed by atoms with E-state index in [-0.39, 0.29) is 36.3 Å². The molecule has 0 saturated heterocycles. The summed E-state index contributed by atoms with van der Waals surface area (Å²) in [4.78, 5) is 9.86. The van der Waals surface area contributed by atoms with Crippen LogP contribution in [-0.2, 0) is 13.1 Å². The first-order chi connectivity index (χ1) is 14.6. The normalized spacial score (nSPS) is 11.2. The van der Waals surface area contributed by atoms with Gasteiger partial charge in [-0.1, -0.05) is 6.07 Å². The van der Waals surface area contributed by atoms with Crippen LogP contribution < -0.4 is 20.1 Å². The van der Waals surface area contributed by atoms with Crippen molar-refractivity contribution in [2.45, 2.75) is 26.6 Å². The van der Waals surface area contributed by atoms with Gasteiger partial charge in [0.15, 0.2) is 5.96 Å². The quantitative estimate of drug-likeness (QED) is 0.219. The Labute approximate surface area is 199 Å². The molecule has 2 aromatic heterocycles. The Morgan fingerprint density at radius 3 is 2.81 bits per heavy atom. The van der Waals surface area contributed by atoms with Gasteiger partial charge in [0.2, 0.25) is 5.89 Å². The number of alkyl halides is 2. The first-order valence-corrected chi connectivity index (χ1v) is 10.1. The second-order valence-electron chi connectivity index (χ2n) is 6.02. The number of guanidine groups is 1. The van der Waals surface area contributed by atoms with Crippen molar-refractivity contribution in [3.8, 4) is 22.3 Å². The SMILES string of the molecule is CCNC(=NCc1cc(OC)ccc1OC(F)F)NCc1coc(-c2cccs2)n1.I. The van der Waals surface area contributed by atoms with E-state index in [0.717, 1.165) is 4.88 Å². The Kier molecular flexibility index (Phi) is 9.98. The van der Waals surface area contributed by atoms with E-state index in [9.17, 15) is 8.78 Å². The van der Waals surface area contributed by atoms with E-state index in [2.05, 4.69) is 25.3 Å². The van der Waals surface area contributed by atoms with E-state index in [0.29, 0.717) is 41.9 Å². The molecule has 0 aliphatic carbocycles. The van der Waals surface area contributed by atoms with E-state index in [1.165, 1.54) is 13.2 Å². The van der Waals surface area contributed by atoms with Crippen LogP contribution in [-0.4, -0.2) is 31.2 Å². The molecule has 31 heavy (non-hydrogen) atoms. The molecule has 11 heteroatoms. The second kappa shape index (κ2) is 12.4. The van der Waals surface area contributed by atoms with Gasteiger partial charge in [0.1, 0.15) is 17.8 Å². The predicted molar refractivity (Wildman–Crippen MR) is 127 cm³/mol. The van der Waals surface area contributed by atoms with Crippen LogP contribution in [0.25, 0.3) is 10.8 Å². The van der Waals surface area contributed by atoms with Crippen LogP contribution in [0.5, 0.6) is 11.5 Å². The van der Waals surface area contributed by atoms with Crippen molar-refractivity contribution in [1.29, 1.82) is 0 Å². The van der Waals surface area contributed by atoms with Gasteiger partial charge in [0.05, 0.1) is 30.8 Å². The molecule has 0 aliphatic rings. The maximum atomic E-state index is 12.7. The number of methoxy groups -OCH3 is 1. The molecule has 3 rings (SSSR count). The topological polar surface area (TPSA) is 80.9 Å². The number of halogens is 3. The van der Waals surface area contributed by atoms with Gasteiger partial charge in [0, 0.05) is 12.1 Å². The van der Waals surface area contributed by atoms with Crippen LogP contribution in [0.3, 0.4) is 0 Å². The molecule has 1 aromatic carbocycles. The van der Waals surface area contributed by atoms with Crippen LogP contribution in [0.2, 0.25) is 0 Å². The Bertz CT molecular complexity index is 967. The van der Waals surface area contributed by atoms with Gasteiger partial charge < -0.3 is 24.5 Å². The van der Waals surface area contributed by atoms with Crippen LogP contribution in [0, 0.1) is 0 Å². The fraction of sp³-hybridized carbons (Fsp3) is 0.300. The zero-order valence-corrected chi connectivity index (χ0v) is 20.1. The largest absolute Gasteiger partial charge is 0.497 e. The Hall–Kier alpha value is -2.41. The van der Waals surface area contributed by atoms with Gasteiger partial charge in [-0.15, -0.1) is 35.3 Å². The number of aromatic nitrogens is 1. The fourth-order valence-electron chi connectivity index (χ4n) is 2.60. The highest BCUT2D eigenvalue weighted by atomic mass is 127. The predicted octanol–water partition coefficient (Wildman–Crippen LogP) is 4.89. The standard InChI is InChI=1S/C20H22F2N4O3S.HI/c1-3-23-20(25-11-14-12-28-18(26-14)17-5-4-8-30-17)24-10-13-9-15(27-2)6-7-16(13)29-19(21)22;/h4-9,12,19H,3,10-11H2,1-2H3,(H2,23,24,25);1H. The molecule has 2 heterocycles. The summed E-state index contributed by atoms with van der Waals surface area (Å²) in [7, 11) is 1.50. The molecular weight excluding hydrogens is 541 g/mol. The van der Waals surface area contributed by atoms with Crippen LogP contribution >= 0.6 is 35.3 Å². The highest BCUT2D eigenvalue weighted by Gasteiger charge is 2.12. The number of hydrogen-bond acceptors (Lipinski definition) is 6. The van der Waals surface area contributed by atoms with Crippen molar-refractivity contribution in [3.05, 3.63) is 53.2 Å². The number of nitrogens with zero attached hydrogens (tertiary/aromatic N) is 2. The van der Waals surface area contributed by atoms with E-state index in [4.69, 9.17) is 9.15 Å². The maximum absolute atomic E-state index is 12.7. The molecule has 0 saturated carbocycles. The molecule has 2 N–H and O–H groups in total. The summed E-state index contributed by atoms with van der Waals surface area (Å²) in [6.07, 6.45) is 1.59. The number of oxazole rings is 1. The monoisotopic (exact) mass is 564 g/mol. The number of benzene rings is 1. The van der Waals surface area contributed by atoms with Crippen molar-refractivity contribution >= 4 is 41.3 Å². The number of thiophene rings is 1. The summed E-state index contributed by atoms with van der Waals surface area (Å²) >= 11 is 1.55. The second-order valence-corrected chi connectivity index (χ2v) is 6.97. The van der Waals surface area contributed by atoms with Gasteiger partial charge in [-0.2, -0.15) is 8.78 Å². The van der Waals surface area contributed by atoms with Crippen LogP contribution in [0.15, 0.2) is 51.4 Å². The Morgan fingerprint density at radius 2 is 2.13 bits per heavy atom. The molecule has 0 aliphatic heterocycles. The van der Waals surface area contributed by atoms with Gasteiger partial charge in [-0.05, 0) is 36.6 Å². The molecule has 0 spiro atoms. The summed E-state index contributed by atoms with van der Waals surface area (Å²) in [5, 5.41) is 8.22. The smallest absolute Gasteiger partial charge is 0.387 e. The fourth-order valence-corrected chi connectivity index (χ4v) is 3.25. The van der Waals surface area contributed by atoms with Crippen molar-refractivity contribution in [2.75, 3.05) is 13.7 Å². The Morgan fingerprint density at radius 1 is 1.29 bits per heavy atom. The molecule has 0 bridgehead atoms. The summed E-state index contributed by atoms with van der Waals surface area (Å²) in [6.45, 7) is 0.146. The van der Waals surface area contributed by atoms with Crippen molar-refractivity contribution in [3.63, 3.8) is 0 Å². The molecule has 0 unspecified atom stereocenters. The number of rotatable bonds is 9. The van der Waals surface area contributed by atoms with Crippen LogP contribution in [0.4, 0.5) is 8.78 Å². The molecule has 3 aromatic rings. The van der Waals surface area contributed by atoms with Gasteiger partial charge >= 0.3 is 6.61 Å². The van der Waals surface area contributed by atoms with E-state index >= 15 is 0 Å². The van der Waals surface area contributed by atoms with Crippen molar-refractivity contribution < 1.29 is 22.7 Å². The van der Waals surface area contributed by atoms with E-state index in [1.807, 2.05) is 24.4 Å². The lowest BCUT2D eigenvalue weighted by molar-refractivity contribution is -0.0504. The first kappa shape index (κ1) is 24.9. The van der Waals surface area contributed by atoms with Gasteiger partial charge in [-0.3, -0.25) is 0 Å². The average molecular weight is 564 g/mol.